The van der Waals surface area contributed by atoms with E-state index < -0.39 is 6.09 Å². The predicted octanol–water partition coefficient (Wildman–Crippen LogP) is 4.55. The number of carbonyl (C=O) groups is 1. The molecule has 1 N–H and O–H groups in total. The average molecular weight is 373 g/mol. The number of rotatable bonds is 5. The largest absolute Gasteiger partial charge is 0.465 e. The molecular weight excluding hydrogens is 355 g/mol. The van der Waals surface area contributed by atoms with E-state index in [4.69, 9.17) is 33.5 Å². The molecule has 0 aromatic heterocycles. The van der Waals surface area contributed by atoms with E-state index in [2.05, 4.69) is 10.0 Å². The van der Waals surface area contributed by atoms with Crippen LogP contribution < -0.4 is 0 Å². The van der Waals surface area contributed by atoms with Crippen LogP contribution in [0.5, 0.6) is 0 Å². The lowest BCUT2D eigenvalue weighted by molar-refractivity contribution is 0.0442. The van der Waals surface area contributed by atoms with Crippen LogP contribution in [0, 0.1) is 0 Å². The van der Waals surface area contributed by atoms with Crippen LogP contribution in [0.15, 0.2) is 23.3 Å². The third-order valence-electron chi connectivity index (χ3n) is 4.01. The molecule has 130 valence electrons. The minimum atomic E-state index is -0.974. The highest BCUT2D eigenvalue weighted by molar-refractivity contribution is 6.42. The van der Waals surface area contributed by atoms with Gasteiger partial charge in [-0.25, -0.2) is 4.79 Å². The minimum absolute atomic E-state index is 0.163. The molecule has 1 aromatic carbocycles. The molecule has 1 heterocycles. The van der Waals surface area contributed by atoms with Gasteiger partial charge in [-0.1, -0.05) is 34.4 Å². The van der Waals surface area contributed by atoms with Crippen LogP contribution in [0.4, 0.5) is 4.79 Å². The predicted molar refractivity (Wildman–Crippen MR) is 91.8 cm³/mol. The Morgan fingerprint density at radius 3 is 2.92 bits per heavy atom. The summed E-state index contributed by atoms with van der Waals surface area (Å²) in [5.41, 5.74) is 9.24. The van der Waals surface area contributed by atoms with Crippen molar-refractivity contribution < 1.29 is 14.6 Å². The lowest BCUT2D eigenvalue weighted by Gasteiger charge is -2.27. The van der Waals surface area contributed by atoms with Crippen molar-refractivity contribution in [2.24, 2.45) is 5.11 Å². The summed E-state index contributed by atoms with van der Waals surface area (Å²) in [7, 11) is 0. The van der Waals surface area contributed by atoms with Crippen molar-refractivity contribution in [2.45, 2.75) is 24.9 Å². The second kappa shape index (κ2) is 8.99. The van der Waals surface area contributed by atoms with E-state index in [9.17, 15) is 9.90 Å². The second-order valence-corrected chi connectivity index (χ2v) is 6.33. The maximum Gasteiger partial charge on any atom is 0.407 e. The van der Waals surface area contributed by atoms with E-state index in [-0.39, 0.29) is 12.0 Å². The van der Waals surface area contributed by atoms with Crippen LogP contribution in [0.25, 0.3) is 10.4 Å². The molecule has 2 rings (SSSR count). The fourth-order valence-corrected chi connectivity index (χ4v) is 3.11. The summed E-state index contributed by atoms with van der Waals surface area (Å²) in [5, 5.41) is 13.7. The van der Waals surface area contributed by atoms with E-state index in [1.54, 1.807) is 12.1 Å². The molecule has 0 spiro atoms. The molecule has 1 aromatic rings. The highest BCUT2D eigenvalue weighted by atomic mass is 35.5. The quantitative estimate of drug-likeness (QED) is 0.355. The van der Waals surface area contributed by atoms with Gasteiger partial charge in [-0.05, 0) is 36.1 Å². The van der Waals surface area contributed by atoms with Crippen molar-refractivity contribution in [3.05, 3.63) is 44.3 Å². The number of carboxylic acid groups (broad SMARTS) is 1. The molecule has 1 saturated heterocycles. The van der Waals surface area contributed by atoms with Gasteiger partial charge in [0.15, 0.2) is 0 Å². The summed E-state index contributed by atoms with van der Waals surface area (Å²) in [4.78, 5) is 15.5. The zero-order chi connectivity index (χ0) is 17.5. The Morgan fingerprint density at radius 2 is 2.25 bits per heavy atom. The van der Waals surface area contributed by atoms with Gasteiger partial charge in [-0.3, -0.25) is 0 Å². The summed E-state index contributed by atoms with van der Waals surface area (Å²) in [6, 6.07) is 5.30. The van der Waals surface area contributed by atoms with Gasteiger partial charge in [-0.15, -0.1) is 0 Å². The van der Waals surface area contributed by atoms with E-state index in [0.717, 1.165) is 5.56 Å². The van der Waals surface area contributed by atoms with E-state index in [1.165, 1.54) is 4.90 Å². The first kappa shape index (κ1) is 18.7. The van der Waals surface area contributed by atoms with Gasteiger partial charge in [0.05, 0.1) is 22.8 Å². The standard InChI is InChI=1S/C15H18Cl2N4O3/c16-12-4-3-10(8-13(12)17)11-9-21(15(22)23)6-7-24-14(11)2-1-5-19-20-18/h3-4,8,11,14H,1-2,5-7,9H2,(H,22,23)/t11-,14+/m1/s1. The van der Waals surface area contributed by atoms with E-state index in [1.807, 2.05) is 6.07 Å². The Hall–Kier alpha value is -1.66. The minimum Gasteiger partial charge on any atom is -0.465 e. The van der Waals surface area contributed by atoms with Crippen molar-refractivity contribution in [3.8, 4) is 0 Å². The van der Waals surface area contributed by atoms with Crippen molar-refractivity contribution in [3.63, 3.8) is 0 Å². The topological polar surface area (TPSA) is 98.5 Å². The molecule has 7 nitrogen and oxygen atoms in total. The number of hydrogen-bond donors (Lipinski definition) is 1. The van der Waals surface area contributed by atoms with Crippen LogP contribution in [0.2, 0.25) is 10.0 Å². The molecule has 0 saturated carbocycles. The highest BCUT2D eigenvalue weighted by Gasteiger charge is 2.31. The van der Waals surface area contributed by atoms with Crippen LogP contribution >= 0.6 is 23.2 Å². The lowest BCUT2D eigenvalue weighted by Crippen LogP contribution is -2.35. The third kappa shape index (κ3) is 4.92. The summed E-state index contributed by atoms with van der Waals surface area (Å²) < 4.78 is 5.88. The number of azide groups is 1. The maximum atomic E-state index is 11.4. The molecule has 9 heteroatoms. The first-order chi connectivity index (χ1) is 11.5. The van der Waals surface area contributed by atoms with Crippen LogP contribution in [0.3, 0.4) is 0 Å². The molecule has 1 fully saturated rings. The first-order valence-corrected chi connectivity index (χ1v) is 8.33. The van der Waals surface area contributed by atoms with Crippen molar-refractivity contribution in [1.82, 2.24) is 4.90 Å². The molecule has 1 aliphatic rings. The van der Waals surface area contributed by atoms with Gasteiger partial charge in [0.2, 0.25) is 0 Å². The molecule has 1 amide bonds. The molecule has 0 aliphatic carbocycles. The summed E-state index contributed by atoms with van der Waals surface area (Å²) >= 11 is 12.1. The van der Waals surface area contributed by atoms with Crippen molar-refractivity contribution in [2.75, 3.05) is 26.2 Å². The number of amides is 1. The van der Waals surface area contributed by atoms with Gasteiger partial charge in [0.25, 0.3) is 0 Å². The van der Waals surface area contributed by atoms with Gasteiger partial charge < -0.3 is 14.7 Å². The number of benzene rings is 1. The molecule has 0 radical (unpaired) electrons. The second-order valence-electron chi connectivity index (χ2n) is 5.51. The Bertz CT molecular complexity index is 637. The van der Waals surface area contributed by atoms with Crippen molar-refractivity contribution >= 4 is 29.3 Å². The smallest absolute Gasteiger partial charge is 0.407 e. The van der Waals surface area contributed by atoms with Gasteiger partial charge in [0, 0.05) is 30.5 Å². The molecule has 24 heavy (non-hydrogen) atoms. The third-order valence-corrected chi connectivity index (χ3v) is 4.75. The zero-order valence-corrected chi connectivity index (χ0v) is 14.4. The highest BCUT2D eigenvalue weighted by Crippen LogP contribution is 2.32. The Kier molecular flexibility index (Phi) is 6.99. The average Bonchev–Trinajstić information content (AvgIpc) is 2.77. The van der Waals surface area contributed by atoms with E-state index in [0.29, 0.717) is 49.1 Å². The zero-order valence-electron chi connectivity index (χ0n) is 12.9. The van der Waals surface area contributed by atoms with Gasteiger partial charge in [-0.2, -0.15) is 0 Å². The number of hydrogen-bond acceptors (Lipinski definition) is 3. The summed E-state index contributed by atoms with van der Waals surface area (Å²) in [6.45, 7) is 1.35. The van der Waals surface area contributed by atoms with Gasteiger partial charge in [0.1, 0.15) is 0 Å². The van der Waals surface area contributed by atoms with Crippen LogP contribution in [-0.2, 0) is 4.74 Å². The normalized spacial score (nSPS) is 21.0. The van der Waals surface area contributed by atoms with Crippen LogP contribution in [-0.4, -0.2) is 48.4 Å². The Labute approximate surface area is 149 Å². The maximum absolute atomic E-state index is 11.4. The molecule has 0 unspecified atom stereocenters. The molecule has 0 bridgehead atoms. The van der Waals surface area contributed by atoms with Crippen molar-refractivity contribution in [1.29, 1.82) is 0 Å². The Balaban J connectivity index is 2.22. The fourth-order valence-electron chi connectivity index (χ4n) is 2.81. The lowest BCUT2D eigenvalue weighted by atomic mass is 9.90. The SMILES string of the molecule is [N-]=[N+]=NCCC[C@@H]1OCCN(C(=O)O)C[C@@H]1c1ccc(Cl)c(Cl)c1. The number of halogens is 2. The fraction of sp³-hybridized carbons (Fsp3) is 0.533. The first-order valence-electron chi connectivity index (χ1n) is 7.58. The number of nitrogens with zero attached hydrogens (tertiary/aromatic N) is 4. The van der Waals surface area contributed by atoms with E-state index >= 15 is 0 Å². The van der Waals surface area contributed by atoms with Crippen LogP contribution in [0.1, 0.15) is 24.3 Å². The number of ether oxygens (including phenoxy) is 1. The Morgan fingerprint density at radius 1 is 1.46 bits per heavy atom. The van der Waals surface area contributed by atoms with Gasteiger partial charge >= 0.3 is 6.09 Å². The molecule has 1 aliphatic heterocycles. The summed E-state index contributed by atoms with van der Waals surface area (Å²) in [5.74, 6) is -0.163. The monoisotopic (exact) mass is 372 g/mol. The summed E-state index contributed by atoms with van der Waals surface area (Å²) in [6.07, 6.45) is 0.177. The molecule has 2 atom stereocenters. The molecular formula is C15H18Cl2N4O3.